The standard InChI is InChI=1S/C15H14BrNO2/c1-19-15-4-2-3-11(8-15)7-14(18)9-13-6-5-12(16)10-17-13/h2-6,8,10H,7,9H2,1H3. The summed E-state index contributed by atoms with van der Waals surface area (Å²) in [6.07, 6.45) is 2.45. The predicted molar refractivity (Wildman–Crippen MR) is 77.3 cm³/mol. The Balaban J connectivity index is 1.99. The van der Waals surface area contributed by atoms with E-state index in [0.717, 1.165) is 21.5 Å². The summed E-state index contributed by atoms with van der Waals surface area (Å²) in [5.74, 6) is 0.912. The molecule has 0 aliphatic rings. The van der Waals surface area contributed by atoms with Crippen LogP contribution in [0.2, 0.25) is 0 Å². The maximum atomic E-state index is 12.0. The third-order valence-corrected chi connectivity index (χ3v) is 3.17. The van der Waals surface area contributed by atoms with Crippen molar-refractivity contribution in [3.63, 3.8) is 0 Å². The second kappa shape index (κ2) is 6.48. The lowest BCUT2D eigenvalue weighted by Gasteiger charge is -2.04. The minimum Gasteiger partial charge on any atom is -0.497 e. The van der Waals surface area contributed by atoms with Gasteiger partial charge in [0.05, 0.1) is 7.11 Å². The lowest BCUT2D eigenvalue weighted by molar-refractivity contribution is -0.117. The number of hydrogen-bond donors (Lipinski definition) is 0. The lowest BCUT2D eigenvalue weighted by Crippen LogP contribution is -2.07. The molecule has 1 aromatic heterocycles. The lowest BCUT2D eigenvalue weighted by atomic mass is 10.1. The van der Waals surface area contributed by atoms with Crippen molar-refractivity contribution in [1.29, 1.82) is 0 Å². The van der Waals surface area contributed by atoms with Crippen LogP contribution in [0.15, 0.2) is 47.1 Å². The molecule has 0 fully saturated rings. The molecule has 0 bridgehead atoms. The van der Waals surface area contributed by atoms with Crippen LogP contribution < -0.4 is 4.74 Å². The van der Waals surface area contributed by atoms with E-state index in [1.54, 1.807) is 13.3 Å². The maximum absolute atomic E-state index is 12.0. The van der Waals surface area contributed by atoms with Gasteiger partial charge in [-0.15, -0.1) is 0 Å². The van der Waals surface area contributed by atoms with Crippen molar-refractivity contribution < 1.29 is 9.53 Å². The van der Waals surface area contributed by atoms with Gasteiger partial charge in [-0.2, -0.15) is 0 Å². The molecule has 0 radical (unpaired) electrons. The molecule has 2 rings (SSSR count). The van der Waals surface area contributed by atoms with Gasteiger partial charge in [0, 0.05) is 29.2 Å². The van der Waals surface area contributed by atoms with Crippen LogP contribution in [0, 0.1) is 0 Å². The molecule has 1 aromatic carbocycles. The molecule has 0 saturated heterocycles. The molecule has 4 heteroatoms. The molecule has 19 heavy (non-hydrogen) atoms. The van der Waals surface area contributed by atoms with Crippen LogP contribution >= 0.6 is 15.9 Å². The molecular formula is C15H14BrNO2. The van der Waals surface area contributed by atoms with Crippen LogP contribution in [-0.4, -0.2) is 17.9 Å². The SMILES string of the molecule is COc1cccc(CC(=O)Cc2ccc(Br)cn2)c1. The Kier molecular flexibility index (Phi) is 4.68. The van der Waals surface area contributed by atoms with Crippen LogP contribution in [0.25, 0.3) is 0 Å². The number of methoxy groups -OCH3 is 1. The average Bonchev–Trinajstić information content (AvgIpc) is 2.41. The van der Waals surface area contributed by atoms with Crippen molar-refractivity contribution >= 4 is 21.7 Å². The minimum atomic E-state index is 0.142. The Morgan fingerprint density at radius 1 is 1.26 bits per heavy atom. The Morgan fingerprint density at radius 3 is 2.79 bits per heavy atom. The van der Waals surface area contributed by atoms with Crippen molar-refractivity contribution in [2.45, 2.75) is 12.8 Å². The van der Waals surface area contributed by atoms with Crippen molar-refractivity contribution in [2.24, 2.45) is 0 Å². The van der Waals surface area contributed by atoms with Crippen molar-refractivity contribution in [2.75, 3.05) is 7.11 Å². The minimum absolute atomic E-state index is 0.142. The van der Waals surface area contributed by atoms with Gasteiger partial charge < -0.3 is 4.74 Å². The Bertz CT molecular complexity index is 567. The molecule has 0 saturated carbocycles. The first kappa shape index (κ1) is 13.7. The quantitative estimate of drug-likeness (QED) is 0.849. The molecule has 2 aromatic rings. The van der Waals surface area contributed by atoms with Gasteiger partial charge in [-0.05, 0) is 45.8 Å². The largest absolute Gasteiger partial charge is 0.497 e. The second-order valence-corrected chi connectivity index (χ2v) is 5.13. The summed E-state index contributed by atoms with van der Waals surface area (Å²) in [5.41, 5.74) is 1.75. The Labute approximate surface area is 120 Å². The van der Waals surface area contributed by atoms with Gasteiger partial charge in [0.25, 0.3) is 0 Å². The van der Waals surface area contributed by atoms with E-state index in [0.29, 0.717) is 12.8 Å². The fourth-order valence-electron chi connectivity index (χ4n) is 1.79. The van der Waals surface area contributed by atoms with Crippen molar-refractivity contribution in [3.8, 4) is 5.75 Å². The van der Waals surface area contributed by atoms with E-state index in [-0.39, 0.29) is 5.78 Å². The highest BCUT2D eigenvalue weighted by molar-refractivity contribution is 9.10. The number of ketones is 1. The maximum Gasteiger partial charge on any atom is 0.143 e. The van der Waals surface area contributed by atoms with Crippen LogP contribution in [0.3, 0.4) is 0 Å². The molecule has 0 unspecified atom stereocenters. The van der Waals surface area contributed by atoms with Gasteiger partial charge in [0.2, 0.25) is 0 Å². The fourth-order valence-corrected chi connectivity index (χ4v) is 2.02. The van der Waals surface area contributed by atoms with Crippen molar-refractivity contribution in [1.82, 2.24) is 4.98 Å². The number of hydrogen-bond acceptors (Lipinski definition) is 3. The topological polar surface area (TPSA) is 39.2 Å². The van der Waals surface area contributed by atoms with Gasteiger partial charge in [-0.25, -0.2) is 0 Å². The van der Waals surface area contributed by atoms with Crippen LogP contribution in [0.5, 0.6) is 5.75 Å². The number of rotatable bonds is 5. The summed E-state index contributed by atoms with van der Waals surface area (Å²) >= 11 is 3.32. The molecule has 3 nitrogen and oxygen atoms in total. The normalized spacial score (nSPS) is 10.2. The van der Waals surface area contributed by atoms with Gasteiger partial charge in [-0.3, -0.25) is 9.78 Å². The zero-order valence-corrected chi connectivity index (χ0v) is 12.2. The van der Waals surface area contributed by atoms with E-state index < -0.39 is 0 Å². The van der Waals surface area contributed by atoms with Crippen LogP contribution in [-0.2, 0) is 17.6 Å². The molecule has 0 spiro atoms. The number of ether oxygens (including phenoxy) is 1. The highest BCUT2D eigenvalue weighted by atomic mass is 79.9. The summed E-state index contributed by atoms with van der Waals surface area (Å²) < 4.78 is 6.05. The molecule has 0 N–H and O–H groups in total. The van der Waals surface area contributed by atoms with Gasteiger partial charge in [-0.1, -0.05) is 12.1 Å². The van der Waals surface area contributed by atoms with E-state index in [2.05, 4.69) is 20.9 Å². The van der Waals surface area contributed by atoms with Gasteiger partial charge in [0.1, 0.15) is 11.5 Å². The molecule has 0 aliphatic carbocycles. The number of carbonyl (C=O) groups is 1. The first-order chi connectivity index (χ1) is 9.17. The number of nitrogens with zero attached hydrogens (tertiary/aromatic N) is 1. The smallest absolute Gasteiger partial charge is 0.143 e. The zero-order chi connectivity index (χ0) is 13.7. The van der Waals surface area contributed by atoms with Crippen molar-refractivity contribution in [3.05, 3.63) is 58.3 Å². The number of halogens is 1. The highest BCUT2D eigenvalue weighted by Crippen LogP contribution is 2.14. The van der Waals surface area contributed by atoms with E-state index in [1.807, 2.05) is 36.4 Å². The predicted octanol–water partition coefficient (Wildman–Crippen LogP) is 3.21. The van der Waals surface area contributed by atoms with Crippen LogP contribution in [0.4, 0.5) is 0 Å². The first-order valence-electron chi connectivity index (χ1n) is 5.92. The third-order valence-electron chi connectivity index (χ3n) is 2.70. The number of benzene rings is 1. The summed E-state index contributed by atoms with van der Waals surface area (Å²) in [4.78, 5) is 16.2. The van der Waals surface area contributed by atoms with E-state index in [1.165, 1.54) is 0 Å². The molecule has 1 heterocycles. The van der Waals surface area contributed by atoms with Gasteiger partial charge >= 0.3 is 0 Å². The summed E-state index contributed by atoms with van der Waals surface area (Å²) in [6.45, 7) is 0. The Hall–Kier alpha value is -1.68. The summed E-state index contributed by atoms with van der Waals surface area (Å²) in [7, 11) is 1.62. The summed E-state index contributed by atoms with van der Waals surface area (Å²) in [5, 5.41) is 0. The zero-order valence-electron chi connectivity index (χ0n) is 10.6. The molecule has 98 valence electrons. The number of carbonyl (C=O) groups excluding carboxylic acids is 1. The second-order valence-electron chi connectivity index (χ2n) is 4.21. The molecular weight excluding hydrogens is 306 g/mol. The first-order valence-corrected chi connectivity index (χ1v) is 6.72. The number of aromatic nitrogens is 1. The van der Waals surface area contributed by atoms with E-state index in [9.17, 15) is 4.79 Å². The Morgan fingerprint density at radius 2 is 2.11 bits per heavy atom. The fraction of sp³-hybridized carbons (Fsp3) is 0.200. The monoisotopic (exact) mass is 319 g/mol. The molecule has 0 aliphatic heterocycles. The highest BCUT2D eigenvalue weighted by Gasteiger charge is 2.07. The molecule has 0 atom stereocenters. The van der Waals surface area contributed by atoms with Gasteiger partial charge in [0.15, 0.2) is 0 Å². The number of pyridine rings is 1. The number of Topliss-reactive ketones (excluding diaryl/α,β-unsaturated/α-hetero) is 1. The van der Waals surface area contributed by atoms with Crippen LogP contribution in [0.1, 0.15) is 11.3 Å². The molecule has 0 amide bonds. The van der Waals surface area contributed by atoms with E-state index >= 15 is 0 Å². The van der Waals surface area contributed by atoms with E-state index in [4.69, 9.17) is 4.74 Å². The third kappa shape index (κ3) is 4.17. The average molecular weight is 320 g/mol. The summed E-state index contributed by atoms with van der Waals surface area (Å²) in [6, 6.07) is 11.3.